The number of amides is 2. The quantitative estimate of drug-likeness (QED) is 0.630. The predicted octanol–water partition coefficient (Wildman–Crippen LogP) is 2.71. The fourth-order valence-electron chi connectivity index (χ4n) is 3.46. The lowest BCUT2D eigenvalue weighted by atomic mass is 9.98. The van der Waals surface area contributed by atoms with Crippen molar-refractivity contribution in [3.63, 3.8) is 0 Å². The minimum atomic E-state index is -0.278. The molecule has 156 valence electrons. The van der Waals surface area contributed by atoms with Gasteiger partial charge >= 0.3 is 5.97 Å². The third-order valence-electron chi connectivity index (χ3n) is 4.97. The average Bonchev–Trinajstić information content (AvgIpc) is 3.44. The van der Waals surface area contributed by atoms with Crippen LogP contribution in [-0.2, 0) is 20.9 Å². The summed E-state index contributed by atoms with van der Waals surface area (Å²) in [5.41, 5.74) is 0.421. The summed E-state index contributed by atoms with van der Waals surface area (Å²) >= 11 is 0. The number of ether oxygens (including phenoxy) is 1. The van der Waals surface area contributed by atoms with E-state index >= 15 is 0 Å². The molecule has 1 saturated heterocycles. The van der Waals surface area contributed by atoms with E-state index in [1.807, 2.05) is 0 Å². The molecule has 0 aliphatic carbocycles. The van der Waals surface area contributed by atoms with E-state index in [-0.39, 0.29) is 43.2 Å². The summed E-state index contributed by atoms with van der Waals surface area (Å²) in [5, 5.41) is 0. The van der Waals surface area contributed by atoms with Gasteiger partial charge < -0.3 is 23.4 Å². The lowest BCUT2D eigenvalue weighted by Gasteiger charge is -2.32. The van der Waals surface area contributed by atoms with Crippen molar-refractivity contribution in [3.05, 3.63) is 48.3 Å². The highest BCUT2D eigenvalue weighted by molar-refractivity contribution is 5.94. The van der Waals surface area contributed by atoms with Crippen molar-refractivity contribution < 1.29 is 28.0 Å². The topological polar surface area (TPSA) is 93.2 Å². The number of rotatable bonds is 8. The molecule has 1 fully saturated rings. The third-order valence-corrected chi connectivity index (χ3v) is 4.97. The number of esters is 1. The Labute approximate surface area is 169 Å². The largest absolute Gasteiger partial charge is 0.472 e. The van der Waals surface area contributed by atoms with E-state index in [4.69, 9.17) is 13.6 Å². The molecule has 8 heteroatoms. The molecule has 1 unspecified atom stereocenters. The van der Waals surface area contributed by atoms with Crippen molar-refractivity contribution in [2.45, 2.75) is 32.7 Å². The van der Waals surface area contributed by atoms with Gasteiger partial charge in [0.2, 0.25) is 5.91 Å². The first-order valence-electron chi connectivity index (χ1n) is 9.86. The van der Waals surface area contributed by atoms with Crippen LogP contribution in [0.15, 0.2) is 45.8 Å². The molecular weight excluding hydrogens is 376 g/mol. The summed E-state index contributed by atoms with van der Waals surface area (Å²) in [6.45, 7) is 3.59. The molecule has 1 aliphatic rings. The van der Waals surface area contributed by atoms with Crippen LogP contribution in [0, 0.1) is 5.92 Å². The molecule has 1 aliphatic heterocycles. The standard InChI is InChI=1S/C21H26N2O6/c1-2-28-21(26)16-5-3-9-22(13-16)19(24)7-10-23(14-18-6-4-11-29-18)20(25)17-8-12-27-15-17/h4,6,8,11-12,15-16H,2-3,5,7,9-10,13-14H2,1H3. The maximum absolute atomic E-state index is 12.8. The monoisotopic (exact) mass is 402 g/mol. The van der Waals surface area contributed by atoms with Crippen LogP contribution in [0.4, 0.5) is 0 Å². The van der Waals surface area contributed by atoms with Crippen LogP contribution in [0.2, 0.25) is 0 Å². The highest BCUT2D eigenvalue weighted by Crippen LogP contribution is 2.19. The van der Waals surface area contributed by atoms with Crippen molar-refractivity contribution in [2.75, 3.05) is 26.2 Å². The van der Waals surface area contributed by atoms with Crippen LogP contribution in [-0.4, -0.2) is 53.8 Å². The van der Waals surface area contributed by atoms with E-state index in [1.165, 1.54) is 12.5 Å². The Bertz CT molecular complexity index is 799. The Morgan fingerprint density at radius 2 is 2.14 bits per heavy atom. The number of hydrogen-bond donors (Lipinski definition) is 0. The SMILES string of the molecule is CCOC(=O)C1CCCN(C(=O)CCN(Cc2ccco2)C(=O)c2ccoc2)C1. The maximum Gasteiger partial charge on any atom is 0.310 e. The predicted molar refractivity (Wildman–Crippen MR) is 103 cm³/mol. The van der Waals surface area contributed by atoms with Crippen LogP contribution in [0.5, 0.6) is 0 Å². The van der Waals surface area contributed by atoms with Gasteiger partial charge in [-0.2, -0.15) is 0 Å². The fourth-order valence-corrected chi connectivity index (χ4v) is 3.46. The zero-order valence-corrected chi connectivity index (χ0v) is 16.5. The zero-order chi connectivity index (χ0) is 20.6. The molecule has 2 aromatic rings. The van der Waals surface area contributed by atoms with Crippen LogP contribution in [0.25, 0.3) is 0 Å². The number of furan rings is 2. The number of likely N-dealkylation sites (tertiary alicyclic amines) is 1. The van der Waals surface area contributed by atoms with Crippen molar-refractivity contribution in [1.29, 1.82) is 0 Å². The first-order valence-corrected chi connectivity index (χ1v) is 9.86. The van der Waals surface area contributed by atoms with Crippen LogP contribution in [0.1, 0.15) is 42.3 Å². The average molecular weight is 402 g/mol. The van der Waals surface area contributed by atoms with Crippen molar-refractivity contribution >= 4 is 17.8 Å². The lowest BCUT2D eigenvalue weighted by Crippen LogP contribution is -2.44. The van der Waals surface area contributed by atoms with Crippen molar-refractivity contribution in [3.8, 4) is 0 Å². The maximum atomic E-state index is 12.8. The summed E-state index contributed by atoms with van der Waals surface area (Å²) in [4.78, 5) is 40.8. The van der Waals surface area contributed by atoms with Crippen LogP contribution >= 0.6 is 0 Å². The van der Waals surface area contributed by atoms with E-state index in [9.17, 15) is 14.4 Å². The normalized spacial score (nSPS) is 16.4. The van der Waals surface area contributed by atoms with Gasteiger partial charge in [-0.1, -0.05) is 0 Å². The van der Waals surface area contributed by atoms with Gasteiger partial charge in [0.05, 0.1) is 37.2 Å². The molecule has 8 nitrogen and oxygen atoms in total. The fraction of sp³-hybridized carbons (Fsp3) is 0.476. The molecule has 0 radical (unpaired) electrons. The second-order valence-corrected chi connectivity index (χ2v) is 7.00. The van der Waals surface area contributed by atoms with Crippen LogP contribution < -0.4 is 0 Å². The second kappa shape index (κ2) is 9.95. The Morgan fingerprint density at radius 3 is 2.83 bits per heavy atom. The first kappa shape index (κ1) is 20.7. The van der Waals surface area contributed by atoms with Gasteiger partial charge in [-0.15, -0.1) is 0 Å². The summed E-state index contributed by atoms with van der Waals surface area (Å²) in [6, 6.07) is 5.13. The summed E-state index contributed by atoms with van der Waals surface area (Å²) in [7, 11) is 0. The molecular formula is C21H26N2O6. The molecule has 0 bridgehead atoms. The number of carbonyl (C=O) groups is 3. The molecule has 2 aromatic heterocycles. The number of piperidine rings is 1. The molecule has 0 saturated carbocycles. The smallest absolute Gasteiger partial charge is 0.310 e. The highest BCUT2D eigenvalue weighted by atomic mass is 16.5. The molecule has 0 N–H and O–H groups in total. The third kappa shape index (κ3) is 5.49. The van der Waals surface area contributed by atoms with Crippen molar-refractivity contribution in [2.24, 2.45) is 5.92 Å². The Hall–Kier alpha value is -3.03. The van der Waals surface area contributed by atoms with E-state index in [0.29, 0.717) is 31.0 Å². The molecule has 0 aromatic carbocycles. The van der Waals surface area contributed by atoms with Gasteiger partial charge in [0.15, 0.2) is 0 Å². The van der Waals surface area contributed by atoms with Gasteiger partial charge in [0, 0.05) is 26.1 Å². The Morgan fingerprint density at radius 1 is 1.28 bits per heavy atom. The van der Waals surface area contributed by atoms with Gasteiger partial charge in [0.25, 0.3) is 5.91 Å². The Kier molecular flexibility index (Phi) is 7.10. The van der Waals surface area contributed by atoms with Gasteiger partial charge in [0.1, 0.15) is 12.0 Å². The Balaban J connectivity index is 1.60. The van der Waals surface area contributed by atoms with Crippen LogP contribution in [0.3, 0.4) is 0 Å². The molecule has 2 amide bonds. The minimum Gasteiger partial charge on any atom is -0.472 e. The lowest BCUT2D eigenvalue weighted by molar-refractivity contribution is -0.151. The van der Waals surface area contributed by atoms with E-state index in [1.54, 1.807) is 41.2 Å². The van der Waals surface area contributed by atoms with Gasteiger partial charge in [-0.3, -0.25) is 14.4 Å². The molecule has 1 atom stereocenters. The van der Waals surface area contributed by atoms with Crippen molar-refractivity contribution in [1.82, 2.24) is 9.80 Å². The van der Waals surface area contributed by atoms with Gasteiger partial charge in [-0.05, 0) is 38.0 Å². The van der Waals surface area contributed by atoms with Gasteiger partial charge in [-0.25, -0.2) is 0 Å². The summed E-state index contributed by atoms with van der Waals surface area (Å²) in [6.07, 6.45) is 6.02. The van der Waals surface area contributed by atoms with E-state index in [2.05, 4.69) is 0 Å². The van der Waals surface area contributed by atoms with E-state index < -0.39 is 0 Å². The number of carbonyl (C=O) groups excluding carboxylic acids is 3. The summed E-state index contributed by atoms with van der Waals surface area (Å²) in [5.74, 6) is -0.205. The molecule has 3 rings (SSSR count). The first-order chi connectivity index (χ1) is 14.1. The molecule has 29 heavy (non-hydrogen) atoms. The molecule has 0 spiro atoms. The minimum absolute atomic E-state index is 0.0802. The highest BCUT2D eigenvalue weighted by Gasteiger charge is 2.29. The zero-order valence-electron chi connectivity index (χ0n) is 16.5. The van der Waals surface area contributed by atoms with E-state index in [0.717, 1.165) is 12.8 Å². The number of hydrogen-bond acceptors (Lipinski definition) is 6. The second-order valence-electron chi connectivity index (χ2n) is 7.00. The summed E-state index contributed by atoms with van der Waals surface area (Å²) < 4.78 is 15.4. The molecule has 3 heterocycles. The number of nitrogens with zero attached hydrogens (tertiary/aromatic N) is 2.